The molecule has 4 heterocycles. The molecule has 7 nitrogen and oxygen atoms in total. The minimum absolute atomic E-state index is 0.0116. The molecule has 1 aromatic rings. The quantitative estimate of drug-likeness (QED) is 0.712. The van der Waals surface area contributed by atoms with Gasteiger partial charge in [-0.05, 0) is 32.6 Å². The predicted molar refractivity (Wildman–Crippen MR) is 102 cm³/mol. The summed E-state index contributed by atoms with van der Waals surface area (Å²) in [7, 11) is -3.77. The number of rotatable bonds is 5. The second kappa shape index (κ2) is 7.18. The number of hydrogen-bond acceptors (Lipinski definition) is 6. The SMILES string of the molecule is Cc1nc(C(C)(F)F)ncc1S(=O)(=O)N1CC2(CN(C(C)C3CCOCC3)C2)C1. The molecule has 0 aliphatic carbocycles. The van der Waals surface area contributed by atoms with E-state index >= 15 is 0 Å². The molecular weight excluding hydrogens is 402 g/mol. The van der Waals surface area contributed by atoms with E-state index < -0.39 is 21.8 Å². The summed E-state index contributed by atoms with van der Waals surface area (Å²) in [5, 5.41) is 0. The summed E-state index contributed by atoms with van der Waals surface area (Å²) in [5.74, 6) is -3.23. The van der Waals surface area contributed by atoms with E-state index in [4.69, 9.17) is 4.74 Å². The Morgan fingerprint density at radius 3 is 2.41 bits per heavy atom. The monoisotopic (exact) mass is 430 g/mol. The summed E-state index contributed by atoms with van der Waals surface area (Å²) >= 11 is 0. The molecule has 0 aromatic carbocycles. The van der Waals surface area contributed by atoms with Crippen LogP contribution >= 0.6 is 0 Å². The Balaban J connectivity index is 1.37. The van der Waals surface area contributed by atoms with Gasteiger partial charge >= 0.3 is 5.92 Å². The van der Waals surface area contributed by atoms with Gasteiger partial charge in [0.15, 0.2) is 5.82 Å². The van der Waals surface area contributed by atoms with Crippen LogP contribution < -0.4 is 0 Å². The minimum atomic E-state index is -3.77. The summed E-state index contributed by atoms with van der Waals surface area (Å²) in [6.45, 7) is 8.73. The van der Waals surface area contributed by atoms with Crippen LogP contribution in [0.1, 0.15) is 38.2 Å². The van der Waals surface area contributed by atoms with E-state index in [9.17, 15) is 17.2 Å². The first kappa shape index (κ1) is 21.0. The van der Waals surface area contributed by atoms with Gasteiger partial charge < -0.3 is 4.74 Å². The van der Waals surface area contributed by atoms with Gasteiger partial charge in [0.05, 0.1) is 11.9 Å². The highest BCUT2D eigenvalue weighted by molar-refractivity contribution is 7.89. The van der Waals surface area contributed by atoms with E-state index in [-0.39, 0.29) is 16.0 Å². The number of nitrogens with zero attached hydrogens (tertiary/aromatic N) is 4. The first-order chi connectivity index (χ1) is 13.5. The third kappa shape index (κ3) is 3.80. The Morgan fingerprint density at radius 2 is 1.86 bits per heavy atom. The van der Waals surface area contributed by atoms with Crippen molar-refractivity contribution in [3.05, 3.63) is 17.7 Å². The van der Waals surface area contributed by atoms with Gasteiger partial charge in [-0.3, -0.25) is 4.90 Å². The average Bonchev–Trinajstić information content (AvgIpc) is 2.58. The van der Waals surface area contributed by atoms with E-state index in [2.05, 4.69) is 21.8 Å². The van der Waals surface area contributed by atoms with Crippen molar-refractivity contribution in [2.24, 2.45) is 11.3 Å². The third-order valence-corrected chi connectivity index (χ3v) is 8.46. The second-order valence-corrected chi connectivity index (χ2v) is 10.8. The topological polar surface area (TPSA) is 75.6 Å². The standard InChI is InChI=1S/C19H28F2N4O3S/c1-13-16(8-22-17(23-13)18(3,20)21)29(26,27)25-11-19(12-25)9-24(10-19)14(2)15-4-6-28-7-5-15/h8,14-15H,4-7,9-12H2,1-3H3. The molecule has 3 fully saturated rings. The van der Waals surface area contributed by atoms with E-state index in [0.717, 1.165) is 45.3 Å². The van der Waals surface area contributed by atoms with Crippen molar-refractivity contribution in [3.8, 4) is 0 Å². The summed E-state index contributed by atoms with van der Waals surface area (Å²) in [4.78, 5) is 9.66. The highest BCUT2D eigenvalue weighted by Gasteiger charge is 2.56. The van der Waals surface area contributed by atoms with Gasteiger partial charge in [-0.2, -0.15) is 13.1 Å². The van der Waals surface area contributed by atoms with Gasteiger partial charge in [0.1, 0.15) is 4.90 Å². The van der Waals surface area contributed by atoms with Crippen LogP contribution in [-0.4, -0.2) is 73.0 Å². The number of ether oxygens (including phenoxy) is 1. The average molecular weight is 431 g/mol. The lowest BCUT2D eigenvalue weighted by molar-refractivity contribution is -0.113. The summed E-state index contributed by atoms with van der Waals surface area (Å²) in [5.41, 5.74) is 0.0679. The predicted octanol–water partition coefficient (Wildman–Crippen LogP) is 2.02. The number of sulfonamides is 1. The first-order valence-electron chi connectivity index (χ1n) is 10.1. The molecule has 29 heavy (non-hydrogen) atoms. The van der Waals surface area contributed by atoms with E-state index in [1.54, 1.807) is 0 Å². The summed E-state index contributed by atoms with van der Waals surface area (Å²) in [6, 6.07) is 0.481. The second-order valence-electron chi connectivity index (χ2n) is 8.90. The number of halogens is 2. The highest BCUT2D eigenvalue weighted by Crippen LogP contribution is 2.44. The van der Waals surface area contributed by atoms with Crippen LogP contribution in [0.25, 0.3) is 0 Å². The molecule has 3 aliphatic rings. The zero-order valence-corrected chi connectivity index (χ0v) is 17.9. The summed E-state index contributed by atoms with van der Waals surface area (Å²) in [6.07, 6.45) is 3.17. The van der Waals surface area contributed by atoms with Crippen LogP contribution in [0.5, 0.6) is 0 Å². The lowest BCUT2D eigenvalue weighted by Crippen LogP contribution is -2.74. The van der Waals surface area contributed by atoms with E-state index in [1.807, 2.05) is 0 Å². The highest BCUT2D eigenvalue weighted by atomic mass is 32.2. The Bertz CT molecular complexity index is 870. The molecule has 1 unspecified atom stereocenters. The van der Waals surface area contributed by atoms with Crippen LogP contribution in [-0.2, 0) is 20.7 Å². The normalized spacial score (nSPS) is 24.9. The van der Waals surface area contributed by atoms with Gasteiger partial charge in [0.25, 0.3) is 0 Å². The lowest BCUT2D eigenvalue weighted by atomic mass is 9.72. The van der Waals surface area contributed by atoms with Crippen molar-refractivity contribution in [2.45, 2.75) is 50.5 Å². The Morgan fingerprint density at radius 1 is 1.24 bits per heavy atom. The van der Waals surface area contributed by atoms with Gasteiger partial charge in [-0.25, -0.2) is 18.4 Å². The van der Waals surface area contributed by atoms with Gasteiger partial charge in [0, 0.05) is 57.8 Å². The first-order valence-corrected chi connectivity index (χ1v) is 11.5. The largest absolute Gasteiger partial charge is 0.381 e. The van der Waals surface area contributed by atoms with Crippen molar-refractivity contribution >= 4 is 10.0 Å². The molecule has 3 aliphatic heterocycles. The van der Waals surface area contributed by atoms with E-state index in [1.165, 1.54) is 11.2 Å². The van der Waals surface area contributed by atoms with Gasteiger partial charge in [0.2, 0.25) is 10.0 Å². The molecule has 0 bridgehead atoms. The smallest absolute Gasteiger partial charge is 0.303 e. The molecule has 0 saturated carbocycles. The molecule has 1 aromatic heterocycles. The molecule has 0 N–H and O–H groups in total. The zero-order valence-electron chi connectivity index (χ0n) is 17.1. The van der Waals surface area contributed by atoms with Gasteiger partial charge in [-0.15, -0.1) is 0 Å². The minimum Gasteiger partial charge on any atom is -0.381 e. The fourth-order valence-electron chi connectivity index (χ4n) is 4.73. The molecule has 162 valence electrons. The van der Waals surface area contributed by atoms with Crippen LogP contribution in [0.4, 0.5) is 8.78 Å². The molecule has 4 rings (SSSR count). The molecule has 1 atom stereocenters. The van der Waals surface area contributed by atoms with Crippen molar-refractivity contribution in [1.82, 2.24) is 19.2 Å². The Hall–Kier alpha value is -1.23. The fourth-order valence-corrected chi connectivity index (χ4v) is 6.50. The van der Waals surface area contributed by atoms with Gasteiger partial charge in [-0.1, -0.05) is 0 Å². The van der Waals surface area contributed by atoms with Crippen LogP contribution in [0.2, 0.25) is 0 Å². The zero-order chi connectivity index (χ0) is 21.0. The Kier molecular flexibility index (Phi) is 5.20. The maximum Gasteiger partial charge on any atom is 0.303 e. The van der Waals surface area contributed by atoms with Crippen molar-refractivity contribution in [2.75, 3.05) is 39.4 Å². The Labute approximate surface area is 170 Å². The molecule has 0 amide bonds. The number of aryl methyl sites for hydroxylation is 1. The molecule has 1 spiro atoms. The number of aromatic nitrogens is 2. The number of likely N-dealkylation sites (tertiary alicyclic amines) is 1. The van der Waals surface area contributed by atoms with Crippen LogP contribution in [0, 0.1) is 18.3 Å². The maximum atomic E-state index is 13.4. The van der Waals surface area contributed by atoms with Crippen molar-refractivity contribution in [1.29, 1.82) is 0 Å². The fraction of sp³-hybridized carbons (Fsp3) is 0.789. The van der Waals surface area contributed by atoms with E-state index in [0.29, 0.717) is 32.0 Å². The van der Waals surface area contributed by atoms with Crippen LogP contribution in [0.15, 0.2) is 11.1 Å². The number of alkyl halides is 2. The summed E-state index contributed by atoms with van der Waals surface area (Å²) < 4.78 is 59.5. The van der Waals surface area contributed by atoms with Crippen molar-refractivity contribution in [3.63, 3.8) is 0 Å². The lowest BCUT2D eigenvalue weighted by Gasteiger charge is -2.61. The molecular formula is C19H28F2N4O3S. The number of hydrogen-bond donors (Lipinski definition) is 0. The van der Waals surface area contributed by atoms with Crippen LogP contribution in [0.3, 0.4) is 0 Å². The molecule has 0 radical (unpaired) electrons. The third-order valence-electron chi connectivity index (χ3n) is 6.57. The maximum absolute atomic E-state index is 13.4. The van der Waals surface area contributed by atoms with Crippen molar-refractivity contribution < 1.29 is 21.9 Å². The molecule has 3 saturated heterocycles. The molecule has 10 heteroatoms.